The van der Waals surface area contributed by atoms with Gasteiger partial charge in [0.1, 0.15) is 23.3 Å². The van der Waals surface area contributed by atoms with Gasteiger partial charge in [0.15, 0.2) is 0 Å². The molecule has 1 aromatic heterocycles. The zero-order valence-corrected chi connectivity index (χ0v) is 15.3. The molecule has 0 bridgehead atoms. The maximum atomic E-state index is 13.6. The number of rotatable bonds is 2. The Morgan fingerprint density at radius 2 is 2.19 bits per heavy atom. The van der Waals surface area contributed by atoms with Gasteiger partial charge in [-0.05, 0) is 43.0 Å². The van der Waals surface area contributed by atoms with Gasteiger partial charge >= 0.3 is 0 Å². The van der Waals surface area contributed by atoms with E-state index in [2.05, 4.69) is 11.1 Å². The predicted molar refractivity (Wildman–Crippen MR) is 100.0 cm³/mol. The highest BCUT2D eigenvalue weighted by molar-refractivity contribution is 5.83. The van der Waals surface area contributed by atoms with Crippen LogP contribution in [0.25, 0.3) is 11.1 Å². The van der Waals surface area contributed by atoms with Crippen LogP contribution in [-0.4, -0.2) is 22.3 Å². The van der Waals surface area contributed by atoms with Crippen molar-refractivity contribution in [2.45, 2.75) is 39.2 Å². The number of nitrogens with zero attached hydrogens (tertiary/aromatic N) is 3. The van der Waals surface area contributed by atoms with E-state index in [1.54, 1.807) is 6.07 Å². The number of pyridine rings is 1. The van der Waals surface area contributed by atoms with Crippen molar-refractivity contribution >= 4 is 11.7 Å². The molecule has 0 saturated heterocycles. The van der Waals surface area contributed by atoms with Gasteiger partial charge in [-0.3, -0.25) is 4.79 Å². The smallest absolute Gasteiger partial charge is 0.225 e. The lowest BCUT2D eigenvalue weighted by Crippen LogP contribution is -2.42. The standard InChI is InChI=1S/C21H21FN4O/c1-12-9-14(22)5-6-15(12)19-16(10-23)20(24)25-18-7-8-26(11-17(18)19)21(27)13-3-2-4-13/h5-6,9,13H,2-4,7-8,11H2,1H3,(H2,24,25). The molecule has 6 heteroatoms. The van der Waals surface area contributed by atoms with E-state index in [0.29, 0.717) is 30.6 Å². The van der Waals surface area contributed by atoms with Crippen molar-refractivity contribution in [3.05, 3.63) is 46.4 Å². The minimum absolute atomic E-state index is 0.125. The monoisotopic (exact) mass is 364 g/mol. The first-order valence-corrected chi connectivity index (χ1v) is 9.26. The fourth-order valence-corrected chi connectivity index (χ4v) is 4.00. The average molecular weight is 364 g/mol. The minimum Gasteiger partial charge on any atom is -0.383 e. The van der Waals surface area contributed by atoms with E-state index >= 15 is 0 Å². The number of carbonyl (C=O) groups is 1. The molecule has 2 N–H and O–H groups in total. The third-order valence-corrected chi connectivity index (χ3v) is 5.71. The largest absolute Gasteiger partial charge is 0.383 e. The fourth-order valence-electron chi connectivity index (χ4n) is 4.00. The van der Waals surface area contributed by atoms with Crippen molar-refractivity contribution in [2.24, 2.45) is 5.92 Å². The zero-order chi connectivity index (χ0) is 19.1. The lowest BCUT2D eigenvalue weighted by Gasteiger charge is -2.35. The van der Waals surface area contributed by atoms with Gasteiger partial charge in [-0.15, -0.1) is 0 Å². The van der Waals surface area contributed by atoms with E-state index in [1.807, 2.05) is 11.8 Å². The number of halogens is 1. The molecular weight excluding hydrogens is 343 g/mol. The first-order chi connectivity index (χ1) is 13.0. The molecule has 1 aliphatic carbocycles. The van der Waals surface area contributed by atoms with Crippen LogP contribution in [0.3, 0.4) is 0 Å². The highest BCUT2D eigenvalue weighted by Crippen LogP contribution is 2.38. The molecule has 1 saturated carbocycles. The Balaban J connectivity index is 1.84. The van der Waals surface area contributed by atoms with Crippen LogP contribution in [-0.2, 0) is 17.8 Å². The summed E-state index contributed by atoms with van der Waals surface area (Å²) < 4.78 is 13.6. The predicted octanol–water partition coefficient (Wildman–Crippen LogP) is 3.33. The van der Waals surface area contributed by atoms with Crippen molar-refractivity contribution in [1.82, 2.24) is 9.88 Å². The molecule has 0 atom stereocenters. The summed E-state index contributed by atoms with van der Waals surface area (Å²) in [7, 11) is 0. The van der Waals surface area contributed by atoms with Crippen LogP contribution < -0.4 is 5.73 Å². The lowest BCUT2D eigenvalue weighted by atomic mass is 9.83. The number of nitrogen functional groups attached to an aromatic ring is 1. The van der Waals surface area contributed by atoms with Crippen molar-refractivity contribution in [3.63, 3.8) is 0 Å². The summed E-state index contributed by atoms with van der Waals surface area (Å²) in [5, 5.41) is 9.69. The Morgan fingerprint density at radius 3 is 2.81 bits per heavy atom. The normalized spacial score (nSPS) is 16.4. The summed E-state index contributed by atoms with van der Waals surface area (Å²) in [6.45, 7) is 2.84. The van der Waals surface area contributed by atoms with E-state index in [4.69, 9.17) is 5.73 Å². The Bertz CT molecular complexity index is 975. The Hall–Kier alpha value is -2.94. The van der Waals surface area contributed by atoms with Crippen LogP contribution in [0.5, 0.6) is 0 Å². The molecule has 0 radical (unpaired) electrons. The number of carbonyl (C=O) groups excluding carboxylic acids is 1. The molecule has 138 valence electrons. The summed E-state index contributed by atoms with van der Waals surface area (Å²) >= 11 is 0. The van der Waals surface area contributed by atoms with E-state index < -0.39 is 0 Å². The van der Waals surface area contributed by atoms with E-state index in [1.165, 1.54) is 12.1 Å². The molecule has 5 nitrogen and oxygen atoms in total. The number of anilines is 1. The molecule has 27 heavy (non-hydrogen) atoms. The molecule has 2 heterocycles. The second-order valence-corrected chi connectivity index (χ2v) is 7.38. The Kier molecular flexibility index (Phi) is 4.31. The topological polar surface area (TPSA) is 83.0 Å². The number of benzene rings is 1. The lowest BCUT2D eigenvalue weighted by molar-refractivity contribution is -0.139. The van der Waals surface area contributed by atoms with Crippen molar-refractivity contribution in [1.29, 1.82) is 5.26 Å². The molecule has 2 aliphatic rings. The summed E-state index contributed by atoms with van der Waals surface area (Å²) in [6.07, 6.45) is 3.62. The first kappa shape index (κ1) is 17.5. The van der Waals surface area contributed by atoms with Gasteiger partial charge in [0.2, 0.25) is 5.91 Å². The molecule has 0 unspecified atom stereocenters. The second-order valence-electron chi connectivity index (χ2n) is 7.38. The molecule has 1 amide bonds. The van der Waals surface area contributed by atoms with Gasteiger partial charge in [-0.2, -0.15) is 5.26 Å². The summed E-state index contributed by atoms with van der Waals surface area (Å²) in [5.41, 5.74) is 10.2. The summed E-state index contributed by atoms with van der Waals surface area (Å²) in [5.74, 6) is 0.171. The first-order valence-electron chi connectivity index (χ1n) is 9.26. The van der Waals surface area contributed by atoms with Crippen molar-refractivity contribution in [2.75, 3.05) is 12.3 Å². The number of amides is 1. The number of fused-ring (bicyclic) bond motifs is 1. The maximum Gasteiger partial charge on any atom is 0.225 e. The van der Waals surface area contributed by atoms with Gasteiger partial charge in [0.05, 0.1) is 5.69 Å². The van der Waals surface area contributed by atoms with E-state index in [-0.39, 0.29) is 23.5 Å². The van der Waals surface area contributed by atoms with Gasteiger partial charge in [0, 0.05) is 36.6 Å². The van der Waals surface area contributed by atoms with Gasteiger partial charge in [-0.25, -0.2) is 9.37 Å². The average Bonchev–Trinajstić information content (AvgIpc) is 2.59. The second kappa shape index (κ2) is 6.66. The highest BCUT2D eigenvalue weighted by Gasteiger charge is 2.33. The number of hydrogen-bond donors (Lipinski definition) is 1. The van der Waals surface area contributed by atoms with Crippen LogP contribution >= 0.6 is 0 Å². The fraction of sp³-hybridized carbons (Fsp3) is 0.381. The molecule has 0 spiro atoms. The minimum atomic E-state index is -0.326. The van der Waals surface area contributed by atoms with Crippen LogP contribution in [0.4, 0.5) is 10.2 Å². The van der Waals surface area contributed by atoms with Gasteiger partial charge < -0.3 is 10.6 Å². The van der Waals surface area contributed by atoms with Gasteiger partial charge in [-0.1, -0.05) is 12.5 Å². The molecule has 1 aliphatic heterocycles. The number of aromatic nitrogens is 1. The third kappa shape index (κ3) is 2.93. The number of aryl methyl sites for hydroxylation is 1. The number of hydrogen-bond acceptors (Lipinski definition) is 4. The Morgan fingerprint density at radius 1 is 1.41 bits per heavy atom. The quantitative estimate of drug-likeness (QED) is 0.886. The van der Waals surface area contributed by atoms with Crippen LogP contribution in [0.2, 0.25) is 0 Å². The highest BCUT2D eigenvalue weighted by atomic mass is 19.1. The van der Waals surface area contributed by atoms with E-state index in [0.717, 1.165) is 41.6 Å². The molecular formula is C21H21FN4O. The maximum absolute atomic E-state index is 13.6. The third-order valence-electron chi connectivity index (χ3n) is 5.71. The summed E-state index contributed by atoms with van der Waals surface area (Å²) in [4.78, 5) is 19.0. The zero-order valence-electron chi connectivity index (χ0n) is 15.3. The molecule has 1 fully saturated rings. The number of nitrogens with two attached hydrogens (primary N) is 1. The van der Waals surface area contributed by atoms with Crippen LogP contribution in [0.15, 0.2) is 18.2 Å². The van der Waals surface area contributed by atoms with Crippen molar-refractivity contribution in [3.8, 4) is 17.2 Å². The Labute approximate surface area is 157 Å². The molecule has 4 rings (SSSR count). The van der Waals surface area contributed by atoms with Crippen molar-refractivity contribution < 1.29 is 9.18 Å². The van der Waals surface area contributed by atoms with Crippen LogP contribution in [0, 0.1) is 30.0 Å². The molecule has 2 aromatic rings. The van der Waals surface area contributed by atoms with Crippen LogP contribution in [0.1, 0.15) is 41.6 Å². The van der Waals surface area contributed by atoms with E-state index in [9.17, 15) is 14.4 Å². The van der Waals surface area contributed by atoms with Gasteiger partial charge in [0.25, 0.3) is 0 Å². The molecule has 1 aromatic carbocycles. The summed E-state index contributed by atoms with van der Waals surface area (Å²) in [6, 6.07) is 6.66. The number of nitriles is 1. The SMILES string of the molecule is Cc1cc(F)ccc1-c1c(C#N)c(N)nc2c1CN(C(=O)C1CCC1)CC2.